The molecule has 0 saturated heterocycles. The summed E-state index contributed by atoms with van der Waals surface area (Å²) in [6, 6.07) is 9.96. The number of nitrogens with two attached hydrogens (primary N) is 1. The van der Waals surface area contributed by atoms with E-state index in [9.17, 15) is 13.2 Å². The number of nitrogens with one attached hydrogen (secondary N) is 1. The molecule has 0 unspecified atom stereocenters. The molecule has 0 spiro atoms. The summed E-state index contributed by atoms with van der Waals surface area (Å²) in [5.41, 5.74) is 7.08. The fourth-order valence-corrected chi connectivity index (χ4v) is 3.37. The lowest BCUT2D eigenvalue weighted by Crippen LogP contribution is -2.20. The molecule has 3 N–H and O–H groups in total. The van der Waals surface area contributed by atoms with Gasteiger partial charge in [0.1, 0.15) is 0 Å². The summed E-state index contributed by atoms with van der Waals surface area (Å²) in [4.78, 5) is 13.2. The predicted octanol–water partition coefficient (Wildman–Crippen LogP) is 1.49. The van der Waals surface area contributed by atoms with Crippen molar-refractivity contribution in [1.82, 2.24) is 4.83 Å². The number of rotatable bonds is 8. The average molecular weight is 391 g/mol. The fraction of sp³-hybridized carbons (Fsp3) is 0.222. The van der Waals surface area contributed by atoms with Crippen molar-refractivity contribution in [3.05, 3.63) is 53.1 Å². The summed E-state index contributed by atoms with van der Waals surface area (Å²) in [5, 5.41) is 3.81. The number of carbonyl (C=O) groups excluding carboxylic acids is 1. The first kappa shape index (κ1) is 20.2. The van der Waals surface area contributed by atoms with E-state index in [1.54, 1.807) is 37.3 Å². The van der Waals surface area contributed by atoms with Crippen molar-refractivity contribution in [1.29, 1.82) is 0 Å². The molecule has 0 aromatic heterocycles. The molecule has 144 valence electrons. The summed E-state index contributed by atoms with van der Waals surface area (Å²) in [6.45, 7) is 3.25. The molecule has 0 aliphatic carbocycles. The van der Waals surface area contributed by atoms with Crippen LogP contribution in [0.3, 0.4) is 0 Å². The lowest BCUT2D eigenvalue weighted by molar-refractivity contribution is -0.119. The number of primary amides is 1. The van der Waals surface area contributed by atoms with Gasteiger partial charge in [-0.15, -0.1) is 0 Å². The molecular formula is C18H21N3O5S. The molecular weight excluding hydrogens is 370 g/mol. The van der Waals surface area contributed by atoms with Crippen molar-refractivity contribution in [3.63, 3.8) is 0 Å². The SMILES string of the molecule is COc1cc(/C=N/NS(=O)(=O)c2cc(C)ccc2C)ccc1OCC(N)=O. The van der Waals surface area contributed by atoms with Gasteiger partial charge in [0.05, 0.1) is 18.2 Å². The van der Waals surface area contributed by atoms with E-state index in [0.29, 0.717) is 22.6 Å². The van der Waals surface area contributed by atoms with Gasteiger partial charge in [-0.1, -0.05) is 12.1 Å². The molecule has 0 fully saturated rings. The molecule has 2 aromatic carbocycles. The van der Waals surface area contributed by atoms with Crippen LogP contribution >= 0.6 is 0 Å². The van der Waals surface area contributed by atoms with Crippen LogP contribution in [-0.2, 0) is 14.8 Å². The normalized spacial score (nSPS) is 11.4. The first-order valence-corrected chi connectivity index (χ1v) is 9.42. The van der Waals surface area contributed by atoms with E-state index in [1.165, 1.54) is 13.3 Å². The van der Waals surface area contributed by atoms with Gasteiger partial charge >= 0.3 is 0 Å². The van der Waals surface area contributed by atoms with Crippen LogP contribution in [0.2, 0.25) is 0 Å². The Morgan fingerprint density at radius 2 is 1.93 bits per heavy atom. The Kier molecular flexibility index (Phi) is 6.40. The molecule has 0 atom stereocenters. The Hall–Kier alpha value is -3.07. The summed E-state index contributed by atoms with van der Waals surface area (Å²) >= 11 is 0. The molecule has 0 bridgehead atoms. The van der Waals surface area contributed by atoms with Gasteiger partial charge in [0.25, 0.3) is 15.9 Å². The maximum Gasteiger partial charge on any atom is 0.276 e. The minimum absolute atomic E-state index is 0.174. The summed E-state index contributed by atoms with van der Waals surface area (Å²) in [6.07, 6.45) is 1.34. The number of nitrogens with zero attached hydrogens (tertiary/aromatic N) is 1. The van der Waals surface area contributed by atoms with Gasteiger partial charge in [-0.3, -0.25) is 4.79 Å². The molecule has 27 heavy (non-hydrogen) atoms. The number of amides is 1. The average Bonchev–Trinajstić information content (AvgIpc) is 2.62. The van der Waals surface area contributed by atoms with Crippen molar-refractivity contribution >= 4 is 22.1 Å². The molecule has 8 nitrogen and oxygen atoms in total. The number of hydrogen-bond donors (Lipinski definition) is 2. The number of methoxy groups -OCH3 is 1. The lowest BCUT2D eigenvalue weighted by atomic mass is 10.2. The molecule has 0 saturated carbocycles. The van der Waals surface area contributed by atoms with E-state index < -0.39 is 15.9 Å². The van der Waals surface area contributed by atoms with Crippen molar-refractivity contribution in [2.45, 2.75) is 18.7 Å². The van der Waals surface area contributed by atoms with Crippen LogP contribution in [0, 0.1) is 13.8 Å². The molecule has 2 rings (SSSR count). The zero-order chi connectivity index (χ0) is 20.0. The van der Waals surface area contributed by atoms with Gasteiger partial charge in [0.2, 0.25) is 0 Å². The third-order valence-corrected chi connectivity index (χ3v) is 4.94. The maximum absolute atomic E-state index is 12.4. The third kappa shape index (κ3) is 5.45. The molecule has 2 aromatic rings. The second-order valence-corrected chi connectivity index (χ2v) is 7.42. The standard InChI is InChI=1S/C18H21N3O5S/c1-12-4-5-13(2)17(8-12)27(23,24)21-20-10-14-6-7-15(16(9-14)25-3)26-11-18(19)22/h4-10,21H,11H2,1-3H3,(H2,19,22)/b20-10+. The summed E-state index contributed by atoms with van der Waals surface area (Å²) in [7, 11) is -2.34. The molecule has 0 aliphatic heterocycles. The van der Waals surface area contributed by atoms with Gasteiger partial charge < -0.3 is 15.2 Å². The highest BCUT2D eigenvalue weighted by molar-refractivity contribution is 7.89. The highest BCUT2D eigenvalue weighted by Gasteiger charge is 2.15. The van der Waals surface area contributed by atoms with Crippen LogP contribution in [0.5, 0.6) is 11.5 Å². The minimum Gasteiger partial charge on any atom is -0.493 e. The summed E-state index contributed by atoms with van der Waals surface area (Å²) < 4.78 is 35.2. The number of ether oxygens (including phenoxy) is 2. The maximum atomic E-state index is 12.4. The Morgan fingerprint density at radius 3 is 2.59 bits per heavy atom. The number of hydrogen-bond acceptors (Lipinski definition) is 6. The third-order valence-electron chi connectivity index (χ3n) is 3.58. The first-order valence-electron chi connectivity index (χ1n) is 7.94. The van der Waals surface area contributed by atoms with Gasteiger partial charge in [-0.25, -0.2) is 4.83 Å². The second-order valence-electron chi connectivity index (χ2n) is 5.79. The molecule has 9 heteroatoms. The number of benzene rings is 2. The highest BCUT2D eigenvalue weighted by atomic mass is 32.2. The van der Waals surface area contributed by atoms with Crippen LogP contribution < -0.4 is 20.0 Å². The number of aryl methyl sites for hydroxylation is 2. The number of hydrazone groups is 1. The summed E-state index contributed by atoms with van der Waals surface area (Å²) in [5.74, 6) is 0.0885. The van der Waals surface area contributed by atoms with Crippen LogP contribution in [-0.4, -0.2) is 34.3 Å². The Bertz CT molecular complexity index is 971. The monoisotopic (exact) mass is 391 g/mol. The molecule has 0 radical (unpaired) electrons. The predicted molar refractivity (Wildman–Crippen MR) is 102 cm³/mol. The minimum atomic E-state index is -3.78. The van der Waals surface area contributed by atoms with Crippen molar-refractivity contribution in [2.24, 2.45) is 10.8 Å². The molecule has 0 aliphatic rings. The fourth-order valence-electron chi connectivity index (χ4n) is 2.25. The number of sulfonamides is 1. The highest BCUT2D eigenvalue weighted by Crippen LogP contribution is 2.27. The van der Waals surface area contributed by atoms with E-state index in [-0.39, 0.29) is 11.5 Å². The Balaban J connectivity index is 2.15. The van der Waals surface area contributed by atoms with Gasteiger partial charge in [-0.05, 0) is 54.8 Å². The largest absolute Gasteiger partial charge is 0.493 e. The zero-order valence-corrected chi connectivity index (χ0v) is 16.0. The van der Waals surface area contributed by atoms with Crippen LogP contribution in [0.4, 0.5) is 0 Å². The number of carbonyl (C=O) groups is 1. The lowest BCUT2D eigenvalue weighted by Gasteiger charge is -2.10. The zero-order valence-electron chi connectivity index (χ0n) is 15.2. The molecule has 0 heterocycles. The van der Waals surface area contributed by atoms with Gasteiger partial charge in [0.15, 0.2) is 18.1 Å². The van der Waals surface area contributed by atoms with E-state index >= 15 is 0 Å². The quantitative estimate of drug-likeness (QED) is 0.522. The van der Waals surface area contributed by atoms with Crippen molar-refractivity contribution in [2.75, 3.05) is 13.7 Å². The second kappa shape index (κ2) is 8.54. The van der Waals surface area contributed by atoms with Crippen LogP contribution in [0.15, 0.2) is 46.4 Å². The van der Waals surface area contributed by atoms with E-state index in [2.05, 4.69) is 9.93 Å². The topological polar surface area (TPSA) is 120 Å². The van der Waals surface area contributed by atoms with E-state index in [4.69, 9.17) is 15.2 Å². The van der Waals surface area contributed by atoms with E-state index in [1.807, 2.05) is 13.0 Å². The molecule has 1 amide bonds. The van der Waals surface area contributed by atoms with Gasteiger partial charge in [-0.2, -0.15) is 13.5 Å². The van der Waals surface area contributed by atoms with Crippen LogP contribution in [0.1, 0.15) is 16.7 Å². The van der Waals surface area contributed by atoms with Gasteiger partial charge in [0, 0.05) is 0 Å². The Labute approximate surface area is 158 Å². The Morgan fingerprint density at radius 1 is 1.19 bits per heavy atom. The van der Waals surface area contributed by atoms with E-state index in [0.717, 1.165) is 5.56 Å². The van der Waals surface area contributed by atoms with Crippen LogP contribution in [0.25, 0.3) is 0 Å². The smallest absolute Gasteiger partial charge is 0.276 e. The van der Waals surface area contributed by atoms with Crippen molar-refractivity contribution in [3.8, 4) is 11.5 Å². The first-order chi connectivity index (χ1) is 12.7. The van der Waals surface area contributed by atoms with Crippen molar-refractivity contribution < 1.29 is 22.7 Å².